The molecule has 1 aliphatic rings. The van der Waals surface area contributed by atoms with E-state index in [1.165, 1.54) is 12.1 Å². The lowest BCUT2D eigenvalue weighted by molar-refractivity contribution is 0.355. The molecule has 0 amide bonds. The molecule has 1 nitrogen and oxygen atoms in total. The SMILES string of the molecule is CCC(CC1OC1C)c1cc(F)ccc1F. The van der Waals surface area contributed by atoms with E-state index >= 15 is 0 Å². The van der Waals surface area contributed by atoms with Crippen LogP contribution >= 0.6 is 0 Å². The molecule has 1 aliphatic heterocycles. The van der Waals surface area contributed by atoms with E-state index in [1.54, 1.807) is 0 Å². The molecule has 0 N–H and O–H groups in total. The summed E-state index contributed by atoms with van der Waals surface area (Å²) in [6.45, 7) is 3.99. The van der Waals surface area contributed by atoms with Crippen molar-refractivity contribution < 1.29 is 13.5 Å². The van der Waals surface area contributed by atoms with Gasteiger partial charge in [-0.05, 0) is 49.4 Å². The largest absolute Gasteiger partial charge is 0.370 e. The Morgan fingerprint density at radius 3 is 2.62 bits per heavy atom. The highest BCUT2D eigenvalue weighted by molar-refractivity contribution is 5.23. The molecule has 1 saturated heterocycles. The Morgan fingerprint density at radius 2 is 2.06 bits per heavy atom. The number of benzene rings is 1. The van der Waals surface area contributed by atoms with Gasteiger partial charge < -0.3 is 4.74 Å². The van der Waals surface area contributed by atoms with Gasteiger partial charge in [0.25, 0.3) is 0 Å². The highest BCUT2D eigenvalue weighted by Gasteiger charge is 2.36. The van der Waals surface area contributed by atoms with E-state index < -0.39 is 0 Å². The Hall–Kier alpha value is -0.960. The molecule has 1 aromatic rings. The smallest absolute Gasteiger partial charge is 0.126 e. The maximum Gasteiger partial charge on any atom is 0.126 e. The van der Waals surface area contributed by atoms with Crippen LogP contribution in [0.2, 0.25) is 0 Å². The fourth-order valence-corrected chi connectivity index (χ4v) is 2.10. The van der Waals surface area contributed by atoms with Gasteiger partial charge in [-0.3, -0.25) is 0 Å². The topological polar surface area (TPSA) is 12.5 Å². The molecule has 0 bridgehead atoms. The monoisotopic (exact) mass is 226 g/mol. The third kappa shape index (κ3) is 2.40. The summed E-state index contributed by atoms with van der Waals surface area (Å²) in [5, 5.41) is 0. The van der Waals surface area contributed by atoms with Crippen molar-refractivity contribution in [3.05, 3.63) is 35.4 Å². The number of hydrogen-bond acceptors (Lipinski definition) is 1. The Labute approximate surface area is 94.4 Å². The van der Waals surface area contributed by atoms with Crippen LogP contribution in [0.5, 0.6) is 0 Å². The highest BCUT2D eigenvalue weighted by atomic mass is 19.1. The minimum Gasteiger partial charge on any atom is -0.370 e. The van der Waals surface area contributed by atoms with Gasteiger partial charge in [-0.1, -0.05) is 6.92 Å². The molecular weight excluding hydrogens is 210 g/mol. The average Bonchev–Trinajstić information content (AvgIpc) is 2.95. The zero-order valence-electron chi connectivity index (χ0n) is 9.54. The fourth-order valence-electron chi connectivity index (χ4n) is 2.10. The Balaban J connectivity index is 2.15. The molecule has 0 radical (unpaired) electrons. The molecule has 0 aliphatic carbocycles. The van der Waals surface area contributed by atoms with E-state index in [-0.39, 0.29) is 29.8 Å². The second-order valence-electron chi connectivity index (χ2n) is 4.39. The van der Waals surface area contributed by atoms with Crippen molar-refractivity contribution in [1.29, 1.82) is 0 Å². The van der Waals surface area contributed by atoms with Crippen molar-refractivity contribution in [2.75, 3.05) is 0 Å². The number of ether oxygens (including phenoxy) is 1. The van der Waals surface area contributed by atoms with Gasteiger partial charge in [0.2, 0.25) is 0 Å². The lowest BCUT2D eigenvalue weighted by Crippen LogP contribution is -2.05. The molecule has 1 heterocycles. The van der Waals surface area contributed by atoms with Crippen molar-refractivity contribution >= 4 is 0 Å². The number of rotatable bonds is 4. The van der Waals surface area contributed by atoms with Crippen LogP contribution in [0.4, 0.5) is 8.78 Å². The first-order valence-corrected chi connectivity index (χ1v) is 5.72. The van der Waals surface area contributed by atoms with E-state index in [9.17, 15) is 8.78 Å². The van der Waals surface area contributed by atoms with Crippen LogP contribution in [0.3, 0.4) is 0 Å². The van der Waals surface area contributed by atoms with Crippen LogP contribution in [0, 0.1) is 11.6 Å². The van der Waals surface area contributed by atoms with Crippen molar-refractivity contribution in [2.24, 2.45) is 0 Å². The molecule has 0 aromatic heterocycles. The van der Waals surface area contributed by atoms with Crippen molar-refractivity contribution in [1.82, 2.24) is 0 Å². The predicted octanol–water partition coefficient (Wildman–Crippen LogP) is 3.64. The van der Waals surface area contributed by atoms with Gasteiger partial charge in [-0.2, -0.15) is 0 Å². The minimum absolute atomic E-state index is 0.0469. The van der Waals surface area contributed by atoms with Gasteiger partial charge in [-0.25, -0.2) is 8.78 Å². The third-order valence-electron chi connectivity index (χ3n) is 3.24. The Morgan fingerprint density at radius 1 is 1.38 bits per heavy atom. The molecule has 0 saturated carbocycles. The average molecular weight is 226 g/mol. The third-order valence-corrected chi connectivity index (χ3v) is 3.24. The number of epoxide rings is 1. The molecule has 1 aromatic carbocycles. The van der Waals surface area contributed by atoms with Gasteiger partial charge >= 0.3 is 0 Å². The first kappa shape index (κ1) is 11.5. The van der Waals surface area contributed by atoms with Crippen LogP contribution in [-0.2, 0) is 4.74 Å². The molecule has 1 fully saturated rings. The molecular formula is C13H16F2O. The van der Waals surface area contributed by atoms with Crippen molar-refractivity contribution in [3.63, 3.8) is 0 Å². The summed E-state index contributed by atoms with van der Waals surface area (Å²) in [5.41, 5.74) is 0.477. The molecule has 0 spiro atoms. The zero-order valence-corrected chi connectivity index (χ0v) is 9.54. The summed E-state index contributed by atoms with van der Waals surface area (Å²) < 4.78 is 32.0. The van der Waals surface area contributed by atoms with Gasteiger partial charge in [0.05, 0.1) is 12.2 Å². The van der Waals surface area contributed by atoms with Crippen LogP contribution in [-0.4, -0.2) is 12.2 Å². The van der Waals surface area contributed by atoms with Gasteiger partial charge in [0.15, 0.2) is 0 Å². The van der Waals surface area contributed by atoms with E-state index in [1.807, 2.05) is 13.8 Å². The van der Waals surface area contributed by atoms with Gasteiger partial charge in [0, 0.05) is 0 Å². The molecule has 2 rings (SSSR count). The fraction of sp³-hybridized carbons (Fsp3) is 0.538. The summed E-state index contributed by atoms with van der Waals surface area (Å²) in [7, 11) is 0. The quantitative estimate of drug-likeness (QED) is 0.714. The van der Waals surface area contributed by atoms with Crippen LogP contribution in [0.1, 0.15) is 38.2 Å². The normalized spacial score (nSPS) is 25.5. The van der Waals surface area contributed by atoms with E-state index in [0.717, 1.165) is 18.9 Å². The van der Waals surface area contributed by atoms with E-state index in [2.05, 4.69) is 0 Å². The standard InChI is InChI=1S/C13H16F2O/c1-3-9(6-13-8(2)16-13)11-7-10(14)4-5-12(11)15/h4-5,7-9,13H,3,6H2,1-2H3. The minimum atomic E-state index is -0.375. The summed E-state index contributed by atoms with van der Waals surface area (Å²) in [6.07, 6.45) is 2.06. The first-order chi connectivity index (χ1) is 7.61. The molecule has 3 heteroatoms. The number of hydrogen-bond donors (Lipinski definition) is 0. The van der Waals surface area contributed by atoms with Crippen LogP contribution in [0.25, 0.3) is 0 Å². The first-order valence-electron chi connectivity index (χ1n) is 5.72. The summed E-state index contributed by atoms with van der Waals surface area (Å²) >= 11 is 0. The van der Waals surface area contributed by atoms with Gasteiger partial charge in [-0.15, -0.1) is 0 Å². The van der Waals surface area contributed by atoms with Crippen molar-refractivity contribution in [2.45, 2.75) is 44.8 Å². The summed E-state index contributed by atoms with van der Waals surface area (Å²) in [6, 6.07) is 3.66. The predicted molar refractivity (Wildman–Crippen MR) is 58.3 cm³/mol. The summed E-state index contributed by atoms with van der Waals surface area (Å²) in [4.78, 5) is 0. The second-order valence-corrected chi connectivity index (χ2v) is 4.39. The van der Waals surface area contributed by atoms with Crippen LogP contribution in [0.15, 0.2) is 18.2 Å². The van der Waals surface area contributed by atoms with Crippen molar-refractivity contribution in [3.8, 4) is 0 Å². The van der Waals surface area contributed by atoms with E-state index in [0.29, 0.717) is 5.56 Å². The second kappa shape index (κ2) is 4.50. The molecule has 16 heavy (non-hydrogen) atoms. The maximum atomic E-state index is 13.6. The van der Waals surface area contributed by atoms with E-state index in [4.69, 9.17) is 4.74 Å². The highest BCUT2D eigenvalue weighted by Crippen LogP contribution is 2.35. The molecule has 88 valence electrons. The summed E-state index contributed by atoms with van der Waals surface area (Å²) in [5.74, 6) is -0.646. The maximum absolute atomic E-state index is 13.6. The molecule has 3 unspecified atom stereocenters. The Bertz CT molecular complexity index is 378. The Kier molecular flexibility index (Phi) is 3.24. The number of halogens is 2. The lowest BCUT2D eigenvalue weighted by Gasteiger charge is -2.15. The van der Waals surface area contributed by atoms with Crippen LogP contribution < -0.4 is 0 Å². The van der Waals surface area contributed by atoms with Gasteiger partial charge in [0.1, 0.15) is 11.6 Å². The molecule has 3 atom stereocenters. The lowest BCUT2D eigenvalue weighted by atomic mass is 9.91. The zero-order chi connectivity index (χ0) is 11.7.